The minimum atomic E-state index is 0. The quantitative estimate of drug-likeness (QED) is 0.691. The van der Waals surface area contributed by atoms with Gasteiger partial charge in [-0.15, -0.1) is 12.4 Å². The predicted octanol–water partition coefficient (Wildman–Crippen LogP) is 1.36. The van der Waals surface area contributed by atoms with E-state index in [2.05, 4.69) is 0 Å². The van der Waals surface area contributed by atoms with Crippen molar-refractivity contribution in [3.8, 4) is 0 Å². The Bertz CT molecular complexity index is 244. The molecule has 0 unspecified atom stereocenters. The molecular formula is C7H10ClNO2. The maximum Gasteiger partial charge on any atom is 0.163 e. The molecule has 0 atom stereocenters. The summed E-state index contributed by atoms with van der Waals surface area (Å²) in [5, 5.41) is 0. The Hall–Kier alpha value is -0.800. The molecule has 0 aliphatic rings. The second-order valence-electron chi connectivity index (χ2n) is 2.06. The minimum absolute atomic E-state index is 0. The zero-order valence-electron chi connectivity index (χ0n) is 6.16. The lowest BCUT2D eigenvalue weighted by molar-refractivity contribution is 0.101. The molecule has 4 heteroatoms. The van der Waals surface area contributed by atoms with Gasteiger partial charge in [-0.05, 0) is 13.0 Å². The number of furan rings is 1. The smallest absolute Gasteiger partial charge is 0.163 e. The molecule has 1 aromatic heterocycles. The van der Waals surface area contributed by atoms with Gasteiger partial charge in [0.2, 0.25) is 0 Å². The molecule has 1 aromatic rings. The first kappa shape index (κ1) is 10.2. The number of Topliss-reactive ketones (excluding diaryl/α,β-unsaturated/α-hetero) is 1. The molecule has 0 spiro atoms. The largest absolute Gasteiger partial charge is 0.467 e. The monoisotopic (exact) mass is 175 g/mol. The van der Waals surface area contributed by atoms with E-state index in [1.165, 1.54) is 13.2 Å². The Morgan fingerprint density at radius 2 is 2.36 bits per heavy atom. The Morgan fingerprint density at radius 1 is 1.73 bits per heavy atom. The van der Waals surface area contributed by atoms with Gasteiger partial charge in [0.1, 0.15) is 12.0 Å². The van der Waals surface area contributed by atoms with E-state index in [-0.39, 0.29) is 18.2 Å². The van der Waals surface area contributed by atoms with Crippen molar-refractivity contribution in [3.63, 3.8) is 0 Å². The van der Waals surface area contributed by atoms with Crippen molar-refractivity contribution < 1.29 is 9.21 Å². The summed E-state index contributed by atoms with van der Waals surface area (Å²) >= 11 is 0. The van der Waals surface area contributed by atoms with Crippen LogP contribution in [0.2, 0.25) is 0 Å². The number of rotatable bonds is 2. The van der Waals surface area contributed by atoms with Crippen LogP contribution in [0.4, 0.5) is 0 Å². The van der Waals surface area contributed by atoms with E-state index in [1.807, 2.05) is 0 Å². The topological polar surface area (TPSA) is 56.2 Å². The van der Waals surface area contributed by atoms with Crippen LogP contribution < -0.4 is 5.73 Å². The van der Waals surface area contributed by atoms with Crippen molar-refractivity contribution in [2.24, 2.45) is 5.73 Å². The van der Waals surface area contributed by atoms with Crippen LogP contribution in [-0.2, 0) is 6.54 Å². The summed E-state index contributed by atoms with van der Waals surface area (Å²) < 4.78 is 4.93. The third kappa shape index (κ3) is 2.37. The molecule has 0 saturated carbocycles. The van der Waals surface area contributed by atoms with E-state index >= 15 is 0 Å². The fourth-order valence-corrected chi connectivity index (χ4v) is 0.672. The van der Waals surface area contributed by atoms with Crippen molar-refractivity contribution >= 4 is 18.2 Å². The second-order valence-corrected chi connectivity index (χ2v) is 2.06. The van der Waals surface area contributed by atoms with Crippen LogP contribution in [-0.4, -0.2) is 5.78 Å². The van der Waals surface area contributed by atoms with Gasteiger partial charge in [0.25, 0.3) is 0 Å². The van der Waals surface area contributed by atoms with Crippen molar-refractivity contribution in [1.82, 2.24) is 0 Å². The van der Waals surface area contributed by atoms with E-state index in [4.69, 9.17) is 10.2 Å². The molecule has 0 aliphatic heterocycles. The van der Waals surface area contributed by atoms with E-state index in [0.29, 0.717) is 17.9 Å². The Labute approximate surface area is 71.0 Å². The van der Waals surface area contributed by atoms with Gasteiger partial charge in [0, 0.05) is 0 Å². The summed E-state index contributed by atoms with van der Waals surface area (Å²) in [6.45, 7) is 1.83. The number of hydrogen-bond donors (Lipinski definition) is 1. The second kappa shape index (κ2) is 4.16. The molecule has 0 bridgehead atoms. The maximum absolute atomic E-state index is 10.7. The van der Waals surface area contributed by atoms with Gasteiger partial charge in [-0.3, -0.25) is 4.79 Å². The van der Waals surface area contributed by atoms with Crippen molar-refractivity contribution in [2.45, 2.75) is 13.5 Å². The summed E-state index contributed by atoms with van der Waals surface area (Å²) in [6, 6.07) is 1.66. The van der Waals surface area contributed by atoms with Gasteiger partial charge in [-0.2, -0.15) is 0 Å². The number of nitrogens with two attached hydrogens (primary N) is 1. The Balaban J connectivity index is 0.000001000. The lowest BCUT2D eigenvalue weighted by atomic mass is 10.2. The highest BCUT2D eigenvalue weighted by Crippen LogP contribution is 2.06. The molecule has 0 amide bonds. The molecule has 2 N–H and O–H groups in total. The third-order valence-corrected chi connectivity index (χ3v) is 1.26. The van der Waals surface area contributed by atoms with Gasteiger partial charge in [0.15, 0.2) is 5.78 Å². The number of hydrogen-bond acceptors (Lipinski definition) is 3. The molecule has 11 heavy (non-hydrogen) atoms. The van der Waals surface area contributed by atoms with Crippen molar-refractivity contribution in [2.75, 3.05) is 0 Å². The average Bonchev–Trinajstić information content (AvgIpc) is 2.34. The van der Waals surface area contributed by atoms with Crippen molar-refractivity contribution in [3.05, 3.63) is 23.7 Å². The molecule has 0 fully saturated rings. The first-order chi connectivity index (χ1) is 4.74. The molecule has 1 rings (SSSR count). The van der Waals surface area contributed by atoms with Crippen LogP contribution in [0, 0.1) is 0 Å². The molecule has 0 radical (unpaired) electrons. The molecule has 62 valence electrons. The summed E-state index contributed by atoms with van der Waals surface area (Å²) in [4.78, 5) is 10.7. The Kier molecular flexibility index (Phi) is 3.85. The first-order valence-electron chi connectivity index (χ1n) is 3.02. The molecule has 0 saturated heterocycles. The zero-order chi connectivity index (χ0) is 7.56. The van der Waals surface area contributed by atoms with Crippen LogP contribution in [0.25, 0.3) is 0 Å². The molecule has 0 aromatic carbocycles. The van der Waals surface area contributed by atoms with Crippen LogP contribution in [0.3, 0.4) is 0 Å². The van der Waals surface area contributed by atoms with E-state index in [1.54, 1.807) is 6.07 Å². The van der Waals surface area contributed by atoms with Gasteiger partial charge in [-0.1, -0.05) is 0 Å². The first-order valence-corrected chi connectivity index (χ1v) is 3.02. The van der Waals surface area contributed by atoms with Crippen molar-refractivity contribution in [1.29, 1.82) is 0 Å². The van der Waals surface area contributed by atoms with E-state index in [9.17, 15) is 4.79 Å². The minimum Gasteiger partial charge on any atom is -0.467 e. The Morgan fingerprint density at radius 3 is 2.64 bits per heavy atom. The van der Waals surface area contributed by atoms with E-state index in [0.717, 1.165) is 0 Å². The predicted molar refractivity (Wildman–Crippen MR) is 43.9 cm³/mol. The van der Waals surface area contributed by atoms with Crippen LogP contribution in [0.5, 0.6) is 0 Å². The fourth-order valence-electron chi connectivity index (χ4n) is 0.672. The maximum atomic E-state index is 10.7. The number of carbonyl (C=O) groups is 1. The normalized spacial score (nSPS) is 8.91. The number of halogens is 1. The molecule has 1 heterocycles. The van der Waals surface area contributed by atoms with Crippen LogP contribution in [0.1, 0.15) is 23.0 Å². The van der Waals surface area contributed by atoms with Gasteiger partial charge in [0.05, 0.1) is 12.1 Å². The highest BCUT2D eigenvalue weighted by atomic mass is 35.5. The fraction of sp³-hybridized carbons (Fsp3) is 0.286. The summed E-state index contributed by atoms with van der Waals surface area (Å²) in [5.41, 5.74) is 5.84. The zero-order valence-corrected chi connectivity index (χ0v) is 6.98. The number of carbonyl (C=O) groups excluding carboxylic acids is 1. The number of ketones is 1. The van der Waals surface area contributed by atoms with Crippen LogP contribution >= 0.6 is 12.4 Å². The summed E-state index contributed by atoms with van der Waals surface area (Å²) in [7, 11) is 0. The van der Waals surface area contributed by atoms with Gasteiger partial charge in [-0.25, -0.2) is 0 Å². The van der Waals surface area contributed by atoms with Crippen LogP contribution in [0.15, 0.2) is 16.7 Å². The average molecular weight is 176 g/mol. The third-order valence-electron chi connectivity index (χ3n) is 1.26. The molecular weight excluding hydrogens is 166 g/mol. The lowest BCUT2D eigenvalue weighted by Crippen LogP contribution is -1.93. The summed E-state index contributed by atoms with van der Waals surface area (Å²) in [6.07, 6.45) is 1.42. The lowest BCUT2D eigenvalue weighted by Gasteiger charge is -1.81. The molecule has 0 aliphatic carbocycles. The van der Waals surface area contributed by atoms with Gasteiger partial charge >= 0.3 is 0 Å². The molecule has 3 nitrogen and oxygen atoms in total. The van der Waals surface area contributed by atoms with E-state index < -0.39 is 0 Å². The highest BCUT2D eigenvalue weighted by molar-refractivity contribution is 5.93. The standard InChI is InChI=1S/C7H9NO2.ClH/c1-5(9)6-2-7(3-8)10-4-6;/h2,4H,3,8H2,1H3;1H. The SMILES string of the molecule is CC(=O)c1coc(CN)c1.Cl. The highest BCUT2D eigenvalue weighted by Gasteiger charge is 2.02. The van der Waals surface area contributed by atoms with Gasteiger partial charge < -0.3 is 10.2 Å². The summed E-state index contributed by atoms with van der Waals surface area (Å²) in [5.74, 6) is 0.647.